The average molecular weight is 286 g/mol. The predicted molar refractivity (Wildman–Crippen MR) is 86.5 cm³/mol. The van der Waals surface area contributed by atoms with Crippen LogP contribution < -0.4 is 10.6 Å². The van der Waals surface area contributed by atoms with Gasteiger partial charge in [0.2, 0.25) is 5.91 Å². The van der Waals surface area contributed by atoms with Gasteiger partial charge in [-0.1, -0.05) is 37.5 Å². The Kier molecular flexibility index (Phi) is 4.47. The van der Waals surface area contributed by atoms with E-state index >= 15 is 0 Å². The van der Waals surface area contributed by atoms with Gasteiger partial charge in [0.05, 0.1) is 5.92 Å². The summed E-state index contributed by atoms with van der Waals surface area (Å²) in [4.78, 5) is 12.7. The monoisotopic (exact) mass is 286 g/mol. The Morgan fingerprint density at radius 1 is 1.19 bits per heavy atom. The van der Waals surface area contributed by atoms with Gasteiger partial charge in [-0.15, -0.1) is 0 Å². The van der Waals surface area contributed by atoms with Crippen LogP contribution in [0.25, 0.3) is 0 Å². The van der Waals surface area contributed by atoms with Crippen molar-refractivity contribution < 1.29 is 4.79 Å². The van der Waals surface area contributed by atoms with Gasteiger partial charge in [0.25, 0.3) is 0 Å². The van der Waals surface area contributed by atoms with Crippen molar-refractivity contribution in [3.05, 3.63) is 29.8 Å². The molecule has 21 heavy (non-hydrogen) atoms. The number of para-hydroxylation sites is 1. The maximum atomic E-state index is 12.7. The third-order valence-electron chi connectivity index (χ3n) is 5.13. The molecule has 0 spiro atoms. The van der Waals surface area contributed by atoms with Crippen molar-refractivity contribution in [2.45, 2.75) is 57.4 Å². The third-order valence-corrected chi connectivity index (χ3v) is 5.13. The fourth-order valence-corrected chi connectivity index (χ4v) is 3.82. The van der Waals surface area contributed by atoms with Crippen molar-refractivity contribution in [1.29, 1.82) is 0 Å². The Hall–Kier alpha value is -1.51. The number of rotatable bonds is 3. The molecule has 1 aromatic rings. The van der Waals surface area contributed by atoms with Crippen LogP contribution in [0, 0.1) is 5.92 Å². The van der Waals surface area contributed by atoms with Crippen molar-refractivity contribution in [2.24, 2.45) is 5.92 Å². The van der Waals surface area contributed by atoms with Gasteiger partial charge in [-0.2, -0.15) is 0 Å². The van der Waals surface area contributed by atoms with Gasteiger partial charge < -0.3 is 10.6 Å². The highest BCUT2D eigenvalue weighted by Gasteiger charge is 2.29. The number of hydrogen-bond acceptors (Lipinski definition) is 2. The fraction of sp³-hybridized carbons (Fsp3) is 0.611. The second-order valence-corrected chi connectivity index (χ2v) is 6.55. The lowest BCUT2D eigenvalue weighted by atomic mass is 9.84. The molecule has 1 amide bonds. The number of carbonyl (C=O) groups is 1. The van der Waals surface area contributed by atoms with Crippen molar-refractivity contribution >= 4 is 11.6 Å². The van der Waals surface area contributed by atoms with Crippen LogP contribution in [0.15, 0.2) is 24.3 Å². The SMILES string of the molecule is C[C@@H](NC(=O)C1CCNc2ccccc21)C1CCCCC1. The lowest BCUT2D eigenvalue weighted by Crippen LogP contribution is -2.42. The van der Waals surface area contributed by atoms with E-state index in [1.165, 1.54) is 32.1 Å². The molecule has 3 rings (SSSR count). The molecule has 114 valence electrons. The second kappa shape index (κ2) is 6.50. The highest BCUT2D eigenvalue weighted by Crippen LogP contribution is 2.32. The van der Waals surface area contributed by atoms with Gasteiger partial charge in [-0.3, -0.25) is 4.79 Å². The minimum Gasteiger partial charge on any atom is -0.385 e. The molecule has 3 heteroatoms. The second-order valence-electron chi connectivity index (χ2n) is 6.55. The minimum absolute atomic E-state index is 0.00786. The van der Waals surface area contributed by atoms with Crippen molar-refractivity contribution in [2.75, 3.05) is 11.9 Å². The molecule has 3 nitrogen and oxygen atoms in total. The number of anilines is 1. The van der Waals surface area contributed by atoms with E-state index in [4.69, 9.17) is 0 Å². The van der Waals surface area contributed by atoms with E-state index in [0.717, 1.165) is 24.2 Å². The summed E-state index contributed by atoms with van der Waals surface area (Å²) >= 11 is 0. The lowest BCUT2D eigenvalue weighted by molar-refractivity contribution is -0.123. The summed E-state index contributed by atoms with van der Waals surface area (Å²) in [6.07, 6.45) is 7.43. The number of nitrogens with one attached hydrogen (secondary N) is 2. The zero-order chi connectivity index (χ0) is 14.7. The topological polar surface area (TPSA) is 41.1 Å². The molecule has 1 unspecified atom stereocenters. The van der Waals surface area contributed by atoms with Gasteiger partial charge in [0.15, 0.2) is 0 Å². The van der Waals surface area contributed by atoms with Gasteiger partial charge in [0, 0.05) is 18.3 Å². The van der Waals surface area contributed by atoms with Crippen molar-refractivity contribution in [1.82, 2.24) is 5.32 Å². The zero-order valence-corrected chi connectivity index (χ0v) is 12.9. The van der Waals surface area contributed by atoms with Crippen LogP contribution in [0.2, 0.25) is 0 Å². The highest BCUT2D eigenvalue weighted by atomic mass is 16.1. The Labute approximate surface area is 127 Å². The molecule has 0 radical (unpaired) electrons. The van der Waals surface area contributed by atoms with Crippen LogP contribution in [0.4, 0.5) is 5.69 Å². The minimum atomic E-state index is 0.00786. The first-order valence-electron chi connectivity index (χ1n) is 8.39. The summed E-state index contributed by atoms with van der Waals surface area (Å²) in [5.41, 5.74) is 2.27. The van der Waals surface area contributed by atoms with Crippen LogP contribution in [-0.4, -0.2) is 18.5 Å². The maximum Gasteiger partial charge on any atom is 0.227 e. The fourth-order valence-electron chi connectivity index (χ4n) is 3.82. The molecule has 1 saturated carbocycles. The molecule has 1 heterocycles. The van der Waals surface area contributed by atoms with E-state index in [9.17, 15) is 4.79 Å². The molecule has 0 aromatic heterocycles. The van der Waals surface area contributed by atoms with Gasteiger partial charge in [-0.05, 0) is 43.7 Å². The number of carbonyl (C=O) groups excluding carboxylic acids is 1. The summed E-state index contributed by atoms with van der Waals surface area (Å²) in [6, 6.07) is 8.50. The maximum absolute atomic E-state index is 12.7. The molecule has 1 aliphatic heterocycles. The van der Waals surface area contributed by atoms with Crippen LogP contribution in [-0.2, 0) is 4.79 Å². The highest BCUT2D eigenvalue weighted by molar-refractivity contribution is 5.86. The van der Waals surface area contributed by atoms with E-state index in [-0.39, 0.29) is 11.8 Å². The average Bonchev–Trinajstić information content (AvgIpc) is 2.55. The first-order chi connectivity index (χ1) is 10.3. The molecule has 2 atom stereocenters. The van der Waals surface area contributed by atoms with Gasteiger partial charge >= 0.3 is 0 Å². The normalized spacial score (nSPS) is 23.8. The van der Waals surface area contributed by atoms with Crippen LogP contribution in [0.5, 0.6) is 0 Å². The van der Waals surface area contributed by atoms with E-state index in [2.05, 4.69) is 29.7 Å². The van der Waals surface area contributed by atoms with Gasteiger partial charge in [-0.25, -0.2) is 0 Å². The summed E-state index contributed by atoms with van der Waals surface area (Å²) in [5, 5.41) is 6.68. The third kappa shape index (κ3) is 3.22. The smallest absolute Gasteiger partial charge is 0.227 e. The molecule has 1 fully saturated rings. The quantitative estimate of drug-likeness (QED) is 0.890. The van der Waals surface area contributed by atoms with Crippen molar-refractivity contribution in [3.8, 4) is 0 Å². The summed E-state index contributed by atoms with van der Waals surface area (Å²) in [7, 11) is 0. The molecular formula is C18H26N2O. The Morgan fingerprint density at radius 3 is 2.76 bits per heavy atom. The van der Waals surface area contributed by atoms with Crippen LogP contribution >= 0.6 is 0 Å². The predicted octanol–water partition coefficient (Wildman–Crippen LogP) is 3.67. The standard InChI is InChI=1S/C18H26N2O/c1-13(14-7-3-2-4-8-14)20-18(21)16-11-12-19-17-10-6-5-9-15(16)17/h5-6,9-10,13-14,16,19H,2-4,7-8,11-12H2,1H3,(H,20,21)/t13-,16?/m1/s1. The Bertz CT molecular complexity index is 494. The molecule has 0 saturated heterocycles. The molecular weight excluding hydrogens is 260 g/mol. The molecule has 2 N–H and O–H groups in total. The molecule has 0 bridgehead atoms. The van der Waals surface area contributed by atoms with E-state index in [0.29, 0.717) is 12.0 Å². The molecule has 1 aromatic carbocycles. The number of fused-ring (bicyclic) bond motifs is 1. The van der Waals surface area contributed by atoms with Crippen LogP contribution in [0.1, 0.15) is 56.9 Å². The summed E-state index contributed by atoms with van der Waals surface area (Å²) < 4.78 is 0. The molecule has 2 aliphatic rings. The zero-order valence-electron chi connectivity index (χ0n) is 12.9. The van der Waals surface area contributed by atoms with E-state index in [1.807, 2.05) is 12.1 Å². The Morgan fingerprint density at radius 2 is 1.95 bits per heavy atom. The first kappa shape index (κ1) is 14.4. The van der Waals surface area contributed by atoms with E-state index in [1.54, 1.807) is 0 Å². The van der Waals surface area contributed by atoms with Crippen molar-refractivity contribution in [3.63, 3.8) is 0 Å². The number of benzene rings is 1. The first-order valence-corrected chi connectivity index (χ1v) is 8.39. The van der Waals surface area contributed by atoms with Crippen LogP contribution in [0.3, 0.4) is 0 Å². The Balaban J connectivity index is 1.66. The van der Waals surface area contributed by atoms with E-state index < -0.39 is 0 Å². The largest absolute Gasteiger partial charge is 0.385 e. The number of amides is 1. The van der Waals surface area contributed by atoms with Gasteiger partial charge in [0.1, 0.15) is 0 Å². The summed E-state index contributed by atoms with van der Waals surface area (Å²) in [6.45, 7) is 3.06. The summed E-state index contributed by atoms with van der Waals surface area (Å²) in [5.74, 6) is 0.884. The number of hydrogen-bond donors (Lipinski definition) is 2. The molecule has 1 aliphatic carbocycles. The lowest BCUT2D eigenvalue weighted by Gasteiger charge is -2.31.